The molecule has 2 rings (SSSR count). The fraction of sp³-hybridized carbons (Fsp3) is 0.267. The molecule has 0 spiro atoms. The summed E-state index contributed by atoms with van der Waals surface area (Å²) in [7, 11) is 0. The average molecular weight is 241 g/mol. The first kappa shape index (κ1) is 12.6. The van der Waals surface area contributed by atoms with E-state index in [9.17, 15) is 0 Å². The first-order chi connectivity index (χ1) is 8.90. The summed E-state index contributed by atoms with van der Waals surface area (Å²) in [5.74, 6) is 1.01. The van der Waals surface area contributed by atoms with Gasteiger partial charge in [0.05, 0.1) is 0 Å². The molecule has 1 aromatic carbocycles. The van der Waals surface area contributed by atoms with E-state index in [0.29, 0.717) is 6.54 Å². The Morgan fingerprint density at radius 2 is 1.78 bits per heavy atom. The second-order valence-corrected chi connectivity index (χ2v) is 4.24. The molecular weight excluding hydrogens is 222 g/mol. The van der Waals surface area contributed by atoms with E-state index in [4.69, 9.17) is 5.73 Å². The topological polar surface area (TPSA) is 42.1 Å². The van der Waals surface area contributed by atoms with Crippen LogP contribution >= 0.6 is 0 Å². The van der Waals surface area contributed by atoms with Gasteiger partial charge in [0.25, 0.3) is 0 Å². The highest BCUT2D eigenvalue weighted by molar-refractivity contribution is 5.38. The minimum absolute atomic E-state index is 0.706. The number of anilines is 1. The van der Waals surface area contributed by atoms with Gasteiger partial charge in [0, 0.05) is 19.3 Å². The molecule has 0 aliphatic heterocycles. The Balaban J connectivity index is 2.10. The van der Waals surface area contributed by atoms with Crippen LogP contribution in [-0.4, -0.2) is 18.1 Å². The second-order valence-electron chi connectivity index (χ2n) is 4.24. The monoisotopic (exact) mass is 241 g/mol. The summed E-state index contributed by atoms with van der Waals surface area (Å²) in [5.41, 5.74) is 6.89. The first-order valence-electron chi connectivity index (χ1n) is 6.30. The predicted octanol–water partition coefficient (Wildman–Crippen LogP) is 2.44. The van der Waals surface area contributed by atoms with Crippen molar-refractivity contribution in [2.24, 2.45) is 5.73 Å². The van der Waals surface area contributed by atoms with Crippen molar-refractivity contribution in [2.75, 3.05) is 18.0 Å². The van der Waals surface area contributed by atoms with Crippen LogP contribution < -0.4 is 10.6 Å². The zero-order chi connectivity index (χ0) is 12.6. The van der Waals surface area contributed by atoms with Crippen LogP contribution in [0.2, 0.25) is 0 Å². The molecule has 0 fully saturated rings. The van der Waals surface area contributed by atoms with Crippen LogP contribution in [0.25, 0.3) is 0 Å². The fourth-order valence-electron chi connectivity index (χ4n) is 1.90. The maximum Gasteiger partial charge on any atom is 0.128 e. The molecule has 0 aliphatic rings. The fourth-order valence-corrected chi connectivity index (χ4v) is 1.90. The van der Waals surface area contributed by atoms with Crippen molar-refractivity contribution in [3.63, 3.8) is 0 Å². The highest BCUT2D eigenvalue weighted by Gasteiger charge is 2.07. The number of hydrogen-bond donors (Lipinski definition) is 1. The van der Waals surface area contributed by atoms with Gasteiger partial charge in [-0.1, -0.05) is 36.4 Å². The van der Waals surface area contributed by atoms with Gasteiger partial charge in [0.15, 0.2) is 0 Å². The molecule has 0 aliphatic carbocycles. The summed E-state index contributed by atoms with van der Waals surface area (Å²) < 4.78 is 0. The molecule has 1 heterocycles. The number of rotatable bonds is 6. The van der Waals surface area contributed by atoms with E-state index in [1.165, 1.54) is 5.56 Å². The molecule has 0 saturated heterocycles. The van der Waals surface area contributed by atoms with Gasteiger partial charge in [-0.2, -0.15) is 0 Å². The zero-order valence-electron chi connectivity index (χ0n) is 10.5. The van der Waals surface area contributed by atoms with Crippen LogP contribution in [0.1, 0.15) is 12.0 Å². The molecule has 1 aromatic heterocycles. The zero-order valence-corrected chi connectivity index (χ0v) is 10.5. The molecule has 18 heavy (non-hydrogen) atoms. The quantitative estimate of drug-likeness (QED) is 0.844. The lowest BCUT2D eigenvalue weighted by Crippen LogP contribution is -2.26. The van der Waals surface area contributed by atoms with Crippen LogP contribution in [0.4, 0.5) is 5.82 Å². The number of hydrogen-bond acceptors (Lipinski definition) is 3. The van der Waals surface area contributed by atoms with Crippen molar-refractivity contribution in [3.05, 3.63) is 60.3 Å². The van der Waals surface area contributed by atoms with E-state index < -0.39 is 0 Å². The van der Waals surface area contributed by atoms with E-state index in [1.807, 2.05) is 30.5 Å². The summed E-state index contributed by atoms with van der Waals surface area (Å²) in [4.78, 5) is 6.68. The molecule has 3 heteroatoms. The summed E-state index contributed by atoms with van der Waals surface area (Å²) >= 11 is 0. The maximum absolute atomic E-state index is 5.60. The summed E-state index contributed by atoms with van der Waals surface area (Å²) in [6, 6.07) is 16.4. The second kappa shape index (κ2) is 6.77. The lowest BCUT2D eigenvalue weighted by atomic mass is 10.2. The lowest BCUT2D eigenvalue weighted by molar-refractivity contribution is 0.726. The number of benzene rings is 1. The highest BCUT2D eigenvalue weighted by atomic mass is 15.2. The van der Waals surface area contributed by atoms with Crippen molar-refractivity contribution >= 4 is 5.82 Å². The van der Waals surface area contributed by atoms with Crippen molar-refractivity contribution < 1.29 is 0 Å². The molecule has 0 bridgehead atoms. The largest absolute Gasteiger partial charge is 0.352 e. The van der Waals surface area contributed by atoms with Crippen molar-refractivity contribution in [3.8, 4) is 0 Å². The molecule has 3 nitrogen and oxygen atoms in total. The summed E-state index contributed by atoms with van der Waals surface area (Å²) in [5, 5.41) is 0. The van der Waals surface area contributed by atoms with Crippen LogP contribution in [0.3, 0.4) is 0 Å². The predicted molar refractivity (Wildman–Crippen MR) is 75.4 cm³/mol. The third kappa shape index (κ3) is 3.57. The van der Waals surface area contributed by atoms with Gasteiger partial charge in [-0.3, -0.25) is 0 Å². The normalized spacial score (nSPS) is 10.3. The van der Waals surface area contributed by atoms with Crippen LogP contribution in [0.5, 0.6) is 0 Å². The van der Waals surface area contributed by atoms with Gasteiger partial charge in [-0.05, 0) is 30.7 Å². The van der Waals surface area contributed by atoms with E-state index in [0.717, 1.165) is 25.3 Å². The molecule has 94 valence electrons. The molecule has 0 atom stereocenters. The van der Waals surface area contributed by atoms with Gasteiger partial charge < -0.3 is 10.6 Å². The lowest BCUT2D eigenvalue weighted by Gasteiger charge is -2.23. The molecule has 0 unspecified atom stereocenters. The van der Waals surface area contributed by atoms with E-state index in [1.54, 1.807) is 0 Å². The third-order valence-corrected chi connectivity index (χ3v) is 2.82. The van der Waals surface area contributed by atoms with E-state index >= 15 is 0 Å². The van der Waals surface area contributed by atoms with Crippen molar-refractivity contribution in [2.45, 2.75) is 13.0 Å². The van der Waals surface area contributed by atoms with E-state index in [2.05, 4.69) is 34.1 Å². The standard InChI is InChI=1S/C15H19N3/c16-10-6-12-18(15-9-4-5-11-17-15)13-14-7-2-1-3-8-14/h1-5,7-9,11H,6,10,12-13,16H2. The molecule has 0 amide bonds. The molecule has 0 saturated carbocycles. The van der Waals surface area contributed by atoms with Gasteiger partial charge in [-0.15, -0.1) is 0 Å². The van der Waals surface area contributed by atoms with Crippen LogP contribution in [0, 0.1) is 0 Å². The third-order valence-electron chi connectivity index (χ3n) is 2.82. The summed E-state index contributed by atoms with van der Waals surface area (Å²) in [6.07, 6.45) is 2.80. The molecule has 2 N–H and O–H groups in total. The molecule has 0 radical (unpaired) electrons. The molecule has 2 aromatic rings. The number of nitrogens with zero attached hydrogens (tertiary/aromatic N) is 2. The Morgan fingerprint density at radius 3 is 2.44 bits per heavy atom. The Labute approximate surface area is 108 Å². The van der Waals surface area contributed by atoms with Gasteiger partial charge in [-0.25, -0.2) is 4.98 Å². The number of aromatic nitrogens is 1. The highest BCUT2D eigenvalue weighted by Crippen LogP contribution is 2.14. The number of pyridine rings is 1. The average Bonchev–Trinajstić information content (AvgIpc) is 2.45. The molecular formula is C15H19N3. The Hall–Kier alpha value is -1.87. The van der Waals surface area contributed by atoms with Crippen molar-refractivity contribution in [1.82, 2.24) is 4.98 Å². The Bertz CT molecular complexity index is 442. The number of nitrogens with two attached hydrogens (primary N) is 1. The van der Waals surface area contributed by atoms with Crippen molar-refractivity contribution in [1.29, 1.82) is 0 Å². The Kier molecular flexibility index (Phi) is 4.73. The minimum Gasteiger partial charge on any atom is -0.352 e. The van der Waals surface area contributed by atoms with Gasteiger partial charge in [0.2, 0.25) is 0 Å². The van der Waals surface area contributed by atoms with Gasteiger partial charge in [0.1, 0.15) is 5.82 Å². The van der Waals surface area contributed by atoms with Gasteiger partial charge >= 0.3 is 0 Å². The van der Waals surface area contributed by atoms with Crippen LogP contribution in [-0.2, 0) is 6.54 Å². The first-order valence-corrected chi connectivity index (χ1v) is 6.30. The Morgan fingerprint density at radius 1 is 1.00 bits per heavy atom. The SMILES string of the molecule is NCCCN(Cc1ccccc1)c1ccccn1. The smallest absolute Gasteiger partial charge is 0.128 e. The van der Waals surface area contributed by atoms with E-state index in [-0.39, 0.29) is 0 Å². The minimum atomic E-state index is 0.706. The summed E-state index contributed by atoms with van der Waals surface area (Å²) in [6.45, 7) is 2.51. The maximum atomic E-state index is 5.60. The van der Waals surface area contributed by atoms with Crippen LogP contribution in [0.15, 0.2) is 54.7 Å².